The molecule has 2 aromatic rings. The molecule has 1 amide bonds. The minimum absolute atomic E-state index is 0.0119. The zero-order chi connectivity index (χ0) is 57.3. The predicted molar refractivity (Wildman–Crippen MR) is 282 cm³/mol. The Morgan fingerprint density at radius 1 is 0.750 bits per heavy atom. The molecule has 0 spiro atoms. The van der Waals surface area contributed by atoms with Crippen molar-refractivity contribution in [3.63, 3.8) is 0 Å². The van der Waals surface area contributed by atoms with Crippen LogP contribution in [0.1, 0.15) is 91.2 Å². The Morgan fingerprint density at radius 2 is 1.33 bits per heavy atom. The van der Waals surface area contributed by atoms with Gasteiger partial charge in [-0.3, -0.25) is 32.6 Å². The van der Waals surface area contributed by atoms with Gasteiger partial charge in [-0.25, -0.2) is 12.7 Å². The van der Waals surface area contributed by atoms with E-state index < -0.39 is 132 Å². The highest BCUT2D eigenvalue weighted by Crippen LogP contribution is 2.54. The van der Waals surface area contributed by atoms with Gasteiger partial charge in [-0.05, 0) is 111 Å². The molecule has 2 aromatic carbocycles. The number of aliphatic carboxylic acids is 1. The van der Waals surface area contributed by atoms with Crippen LogP contribution in [0, 0.1) is 5.41 Å². The topological polar surface area (TPSA) is 354 Å². The third-order valence-electron chi connectivity index (χ3n) is 14.3. The SMILES string of the molecule is CCOC(=O)CCCN(C)S(=O)(=O)c1ccc2c(c1)C(C)(C)/C(=C\C=C1C=C(/C=C/C3(C)N(CCCS(=O)(=O)O)c4ccc(S(=O)(=O)O)cc4C3(C)C)CC(C(=O)O)(C(=O)NCCS(=O)(=O)O)C\1)N2CCCS(=O)(=O)O. The number of carboxylic acid groups (broad SMARTS) is 1. The lowest BCUT2D eigenvalue weighted by atomic mass is 9.69. The normalized spacial score (nSPS) is 21.8. The van der Waals surface area contributed by atoms with Crippen molar-refractivity contribution in [2.75, 3.05) is 66.9 Å². The van der Waals surface area contributed by atoms with Gasteiger partial charge < -0.3 is 25.0 Å². The molecule has 0 saturated carbocycles. The number of carbonyl (C=O) groups is 3. The van der Waals surface area contributed by atoms with Crippen LogP contribution in [-0.4, -0.2) is 150 Å². The smallest absolute Gasteiger partial charge is 0.319 e. The van der Waals surface area contributed by atoms with Crippen molar-refractivity contribution in [3.8, 4) is 0 Å². The quantitative estimate of drug-likeness (QED) is 0.0485. The van der Waals surface area contributed by atoms with Crippen molar-refractivity contribution < 1.29 is 84.5 Å². The van der Waals surface area contributed by atoms with Gasteiger partial charge in [0.1, 0.15) is 0 Å². The fourth-order valence-corrected chi connectivity index (χ4v) is 13.0. The molecule has 1 aliphatic carbocycles. The Kier molecular flexibility index (Phi) is 18.5. The van der Waals surface area contributed by atoms with Gasteiger partial charge in [0.2, 0.25) is 15.9 Å². The number of hydrogen-bond acceptors (Lipinski definition) is 16. The van der Waals surface area contributed by atoms with Crippen LogP contribution in [0.15, 0.2) is 93.4 Å². The Labute approximate surface area is 444 Å². The zero-order valence-electron chi connectivity index (χ0n) is 43.1. The van der Waals surface area contributed by atoms with Gasteiger partial charge in [0.25, 0.3) is 40.5 Å². The lowest BCUT2D eigenvalue weighted by Crippen LogP contribution is -2.52. The van der Waals surface area contributed by atoms with Crippen LogP contribution in [0.25, 0.3) is 0 Å². The van der Waals surface area contributed by atoms with Crippen LogP contribution in [0.2, 0.25) is 0 Å². The molecule has 2 aliphatic heterocycles. The number of allylic oxidation sites excluding steroid dienone is 7. The first-order chi connectivity index (χ1) is 34.8. The first-order valence-electron chi connectivity index (χ1n) is 23.9. The molecule has 2 unspecified atom stereocenters. The van der Waals surface area contributed by atoms with E-state index >= 15 is 0 Å². The first-order valence-corrected chi connectivity index (χ1v) is 31.6. The Bertz CT molecular complexity index is 3330. The monoisotopic (exact) mass is 1160 g/mol. The predicted octanol–water partition coefficient (Wildman–Crippen LogP) is 4.27. The summed E-state index contributed by atoms with van der Waals surface area (Å²) in [4.78, 5) is 42.6. The summed E-state index contributed by atoms with van der Waals surface area (Å²) in [5.74, 6) is -5.41. The molecule has 6 N–H and O–H groups in total. The van der Waals surface area contributed by atoms with E-state index in [1.807, 2.05) is 0 Å². The van der Waals surface area contributed by atoms with E-state index in [9.17, 15) is 79.8 Å². The molecule has 422 valence electrons. The average Bonchev–Trinajstić information content (AvgIpc) is 3.60. The Hall–Kier alpha value is -5.04. The number of carboxylic acids is 1. The number of nitrogens with zero attached hydrogens (tertiary/aromatic N) is 3. The number of anilines is 2. The number of esters is 1. The molecular weight excluding hydrogens is 1100 g/mol. The van der Waals surface area contributed by atoms with E-state index in [-0.39, 0.29) is 68.0 Å². The molecule has 2 heterocycles. The summed E-state index contributed by atoms with van der Waals surface area (Å²) in [5, 5.41) is 13.3. The lowest BCUT2D eigenvalue weighted by Gasteiger charge is -2.44. The molecule has 0 saturated heterocycles. The molecule has 0 radical (unpaired) electrons. The summed E-state index contributed by atoms with van der Waals surface area (Å²) in [6.45, 7) is 9.93. The van der Waals surface area contributed by atoms with Crippen molar-refractivity contribution in [2.24, 2.45) is 5.41 Å². The molecule has 2 atom stereocenters. The van der Waals surface area contributed by atoms with E-state index in [0.29, 0.717) is 28.2 Å². The van der Waals surface area contributed by atoms with Crippen LogP contribution in [0.5, 0.6) is 0 Å². The summed E-state index contributed by atoms with van der Waals surface area (Å²) in [6, 6.07) is 8.30. The molecule has 0 aromatic heterocycles. The van der Waals surface area contributed by atoms with Crippen LogP contribution in [0.4, 0.5) is 11.4 Å². The van der Waals surface area contributed by atoms with Gasteiger partial charge >= 0.3 is 11.9 Å². The molecule has 5 rings (SSSR count). The van der Waals surface area contributed by atoms with Gasteiger partial charge in [0.15, 0.2) is 5.41 Å². The molecule has 0 bridgehead atoms. The fourth-order valence-electron chi connectivity index (χ4n) is 9.91. The third-order valence-corrected chi connectivity index (χ3v) is 19.3. The maximum atomic E-state index is 14.2. The molecule has 0 fully saturated rings. The molecule has 28 heteroatoms. The number of fused-ring (bicyclic) bond motifs is 2. The first kappa shape index (κ1) is 61.8. The number of rotatable bonds is 24. The van der Waals surface area contributed by atoms with E-state index in [4.69, 9.17) is 4.74 Å². The standard InChI is InChI=1S/C48H66N4O19S5/c1-8-71-42(53)12-9-22-50(7)75(66,67)35-14-16-39-37(29-35)45(2,3)41(51(39)23-10-25-72(57,58)59)18-13-33-28-34(32-48(31-33,44(55)56)43(54)49-21-27-74(63,64)65)19-20-47(6)46(4,5)38-30-36(76(68,69)70)15-17-40(38)52(47)24-11-26-73(60,61)62/h13-20,28-30H,8-12,21-27,31-32H2,1-7H3,(H,49,54)(H,55,56)(H,57,58,59)(H,60,61,62)(H,63,64,65)(H,68,69,70)/b20-19+,33-13-,41-18+. The summed E-state index contributed by atoms with van der Waals surface area (Å²) in [6.07, 6.45) is 6.94. The Morgan fingerprint density at radius 3 is 1.91 bits per heavy atom. The number of nitrogens with one attached hydrogen (secondary N) is 1. The van der Waals surface area contributed by atoms with Crippen molar-refractivity contribution >= 4 is 79.7 Å². The lowest BCUT2D eigenvalue weighted by molar-refractivity contribution is -0.156. The largest absolute Gasteiger partial charge is 0.480 e. The van der Waals surface area contributed by atoms with Crippen molar-refractivity contribution in [2.45, 2.75) is 106 Å². The molecular formula is C48H66N4O19S5. The molecule has 3 aliphatic rings. The summed E-state index contributed by atoms with van der Waals surface area (Å²) in [5.41, 5.74) is -2.92. The summed E-state index contributed by atoms with van der Waals surface area (Å²) >= 11 is 0. The van der Waals surface area contributed by atoms with Crippen molar-refractivity contribution in [3.05, 3.63) is 94.7 Å². The highest BCUT2D eigenvalue weighted by molar-refractivity contribution is 7.89. The van der Waals surface area contributed by atoms with Gasteiger partial charge in [-0.15, -0.1) is 0 Å². The molecule has 76 heavy (non-hydrogen) atoms. The summed E-state index contributed by atoms with van der Waals surface area (Å²) < 4.78 is 168. The van der Waals surface area contributed by atoms with E-state index in [1.54, 1.807) is 81.7 Å². The van der Waals surface area contributed by atoms with Gasteiger partial charge in [-0.2, -0.15) is 33.7 Å². The maximum Gasteiger partial charge on any atom is 0.319 e. The van der Waals surface area contributed by atoms with Crippen LogP contribution in [0.3, 0.4) is 0 Å². The highest BCUT2D eigenvalue weighted by Gasteiger charge is 2.53. The number of carbonyl (C=O) groups excluding carboxylic acids is 2. The van der Waals surface area contributed by atoms with Crippen LogP contribution >= 0.6 is 0 Å². The summed E-state index contributed by atoms with van der Waals surface area (Å²) in [7, 11) is -20.9. The number of sulfonamides is 1. The number of ether oxygens (including phenoxy) is 1. The van der Waals surface area contributed by atoms with Crippen LogP contribution < -0.4 is 15.1 Å². The maximum absolute atomic E-state index is 14.2. The Balaban J connectivity index is 1.67. The fraction of sp³-hybridized carbons (Fsp3) is 0.521. The molecule has 23 nitrogen and oxygen atoms in total. The van der Waals surface area contributed by atoms with Crippen molar-refractivity contribution in [1.82, 2.24) is 9.62 Å². The van der Waals surface area contributed by atoms with Gasteiger partial charge in [-0.1, -0.05) is 52.0 Å². The van der Waals surface area contributed by atoms with E-state index in [2.05, 4.69) is 5.32 Å². The second-order valence-corrected chi connectivity index (χ2v) is 28.4. The highest BCUT2D eigenvalue weighted by atomic mass is 32.2. The van der Waals surface area contributed by atoms with Crippen molar-refractivity contribution in [1.29, 1.82) is 0 Å². The second-order valence-electron chi connectivity index (χ2n) is 20.2. The van der Waals surface area contributed by atoms with Gasteiger partial charge in [0, 0.05) is 67.5 Å². The number of amides is 1. The average molecular weight is 1160 g/mol. The van der Waals surface area contributed by atoms with E-state index in [1.165, 1.54) is 43.5 Å². The number of hydrogen-bond donors (Lipinski definition) is 6. The third kappa shape index (κ3) is 14.0. The van der Waals surface area contributed by atoms with E-state index in [0.717, 1.165) is 4.31 Å². The second kappa shape index (κ2) is 22.7. The number of benzene rings is 2. The van der Waals surface area contributed by atoms with Gasteiger partial charge in [0.05, 0.1) is 39.2 Å². The zero-order valence-corrected chi connectivity index (χ0v) is 47.2. The minimum atomic E-state index is -4.70. The van der Waals surface area contributed by atoms with Crippen LogP contribution in [-0.2, 0) is 80.4 Å². The minimum Gasteiger partial charge on any atom is -0.480 e.